The first kappa shape index (κ1) is 17.1. The summed E-state index contributed by atoms with van der Waals surface area (Å²) in [5.74, 6) is 1.61. The number of nitrogens with one attached hydrogen (secondary N) is 1. The third-order valence-corrected chi connectivity index (χ3v) is 4.26. The quantitative estimate of drug-likeness (QED) is 0.518. The highest BCUT2D eigenvalue weighted by Crippen LogP contribution is 2.24. The van der Waals surface area contributed by atoms with Gasteiger partial charge in [0.05, 0.1) is 20.1 Å². The molecule has 0 saturated carbocycles. The van der Waals surface area contributed by atoms with E-state index in [0.29, 0.717) is 13.1 Å². The van der Waals surface area contributed by atoms with E-state index >= 15 is 0 Å². The van der Waals surface area contributed by atoms with Crippen molar-refractivity contribution in [2.45, 2.75) is 13.5 Å². The molecule has 1 aliphatic heterocycles. The number of ether oxygens (including phenoxy) is 2. The standard InChI is InChI=1S/C17H25N3O3/c1-12-10-20(11-14(12)16(21)23-4)17(18-2)19-9-13-7-5-6-8-15(13)22-3/h5-8,12,14H,9-11H2,1-4H3,(H,18,19). The van der Waals surface area contributed by atoms with Crippen LogP contribution in [0.2, 0.25) is 0 Å². The van der Waals surface area contributed by atoms with E-state index in [2.05, 4.69) is 22.1 Å². The number of para-hydroxylation sites is 1. The van der Waals surface area contributed by atoms with E-state index in [1.165, 1.54) is 7.11 Å². The van der Waals surface area contributed by atoms with E-state index < -0.39 is 0 Å². The van der Waals surface area contributed by atoms with E-state index in [9.17, 15) is 4.79 Å². The van der Waals surface area contributed by atoms with Gasteiger partial charge in [0, 0.05) is 32.2 Å². The molecular weight excluding hydrogens is 294 g/mol. The number of carbonyl (C=O) groups excluding carboxylic acids is 1. The fourth-order valence-electron chi connectivity index (χ4n) is 2.95. The van der Waals surface area contributed by atoms with Crippen LogP contribution in [0.25, 0.3) is 0 Å². The highest BCUT2D eigenvalue weighted by atomic mass is 16.5. The van der Waals surface area contributed by atoms with Crippen LogP contribution in [-0.2, 0) is 16.1 Å². The summed E-state index contributed by atoms with van der Waals surface area (Å²) in [6.07, 6.45) is 0. The Kier molecular flexibility index (Phi) is 5.84. The summed E-state index contributed by atoms with van der Waals surface area (Å²) >= 11 is 0. The summed E-state index contributed by atoms with van der Waals surface area (Å²) in [6, 6.07) is 7.88. The van der Waals surface area contributed by atoms with Crippen molar-refractivity contribution in [1.82, 2.24) is 10.2 Å². The fraction of sp³-hybridized carbons (Fsp3) is 0.529. The molecule has 23 heavy (non-hydrogen) atoms. The maximum atomic E-state index is 11.8. The highest BCUT2D eigenvalue weighted by Gasteiger charge is 2.36. The largest absolute Gasteiger partial charge is 0.496 e. The van der Waals surface area contributed by atoms with Gasteiger partial charge >= 0.3 is 5.97 Å². The number of methoxy groups -OCH3 is 2. The maximum Gasteiger partial charge on any atom is 0.310 e. The van der Waals surface area contributed by atoms with Crippen molar-refractivity contribution in [2.24, 2.45) is 16.8 Å². The normalized spacial score (nSPS) is 21.2. The molecule has 0 aliphatic carbocycles. The molecule has 0 aromatic heterocycles. The van der Waals surface area contributed by atoms with Crippen LogP contribution in [0, 0.1) is 11.8 Å². The van der Waals surface area contributed by atoms with E-state index in [1.807, 2.05) is 24.3 Å². The average molecular weight is 319 g/mol. The van der Waals surface area contributed by atoms with Crippen LogP contribution < -0.4 is 10.1 Å². The molecule has 0 spiro atoms. The van der Waals surface area contributed by atoms with Crippen LogP contribution in [-0.4, -0.2) is 51.2 Å². The van der Waals surface area contributed by atoms with Crippen LogP contribution >= 0.6 is 0 Å². The molecule has 1 aromatic carbocycles. The van der Waals surface area contributed by atoms with Crippen LogP contribution in [0.3, 0.4) is 0 Å². The van der Waals surface area contributed by atoms with Crippen LogP contribution in [0.4, 0.5) is 0 Å². The van der Waals surface area contributed by atoms with Crippen LogP contribution in [0.1, 0.15) is 12.5 Å². The summed E-state index contributed by atoms with van der Waals surface area (Å²) in [6.45, 7) is 4.09. The molecule has 2 rings (SSSR count). The molecule has 6 heteroatoms. The summed E-state index contributed by atoms with van der Waals surface area (Å²) in [4.78, 5) is 18.3. The second kappa shape index (κ2) is 7.85. The number of nitrogens with zero attached hydrogens (tertiary/aromatic N) is 2. The first-order valence-electron chi connectivity index (χ1n) is 7.76. The summed E-state index contributed by atoms with van der Waals surface area (Å²) in [7, 11) is 4.85. The minimum atomic E-state index is -0.153. The first-order chi connectivity index (χ1) is 11.1. The van der Waals surface area contributed by atoms with Crippen molar-refractivity contribution in [3.63, 3.8) is 0 Å². The van der Waals surface area contributed by atoms with E-state index in [-0.39, 0.29) is 17.8 Å². The number of likely N-dealkylation sites (tertiary alicyclic amines) is 1. The van der Waals surface area contributed by atoms with Crippen molar-refractivity contribution in [3.05, 3.63) is 29.8 Å². The molecule has 126 valence electrons. The van der Waals surface area contributed by atoms with Crippen molar-refractivity contribution in [1.29, 1.82) is 0 Å². The van der Waals surface area contributed by atoms with E-state index in [1.54, 1.807) is 14.2 Å². The van der Waals surface area contributed by atoms with Crippen molar-refractivity contribution in [3.8, 4) is 5.75 Å². The molecule has 0 bridgehead atoms. The predicted molar refractivity (Wildman–Crippen MR) is 89.4 cm³/mol. The third-order valence-electron chi connectivity index (χ3n) is 4.26. The lowest BCUT2D eigenvalue weighted by atomic mass is 9.99. The van der Waals surface area contributed by atoms with Gasteiger partial charge in [-0.25, -0.2) is 0 Å². The van der Waals surface area contributed by atoms with E-state index in [0.717, 1.165) is 23.8 Å². The van der Waals surface area contributed by atoms with Gasteiger partial charge in [0.1, 0.15) is 5.75 Å². The Bertz CT molecular complexity index is 574. The minimum Gasteiger partial charge on any atom is -0.496 e. The average Bonchev–Trinajstić information content (AvgIpc) is 2.96. The molecule has 1 aliphatic rings. The molecule has 0 amide bonds. The van der Waals surface area contributed by atoms with Gasteiger partial charge in [-0.1, -0.05) is 25.1 Å². The topological polar surface area (TPSA) is 63.2 Å². The lowest BCUT2D eigenvalue weighted by Crippen LogP contribution is -2.40. The molecule has 1 fully saturated rings. The van der Waals surface area contributed by atoms with Crippen molar-refractivity contribution < 1.29 is 14.3 Å². The SMILES string of the molecule is CN=C(NCc1ccccc1OC)N1CC(C)C(C(=O)OC)C1. The zero-order valence-electron chi connectivity index (χ0n) is 14.2. The minimum absolute atomic E-state index is 0.107. The Morgan fingerprint density at radius 2 is 2.09 bits per heavy atom. The highest BCUT2D eigenvalue weighted by molar-refractivity contribution is 5.82. The van der Waals surface area contributed by atoms with Gasteiger partial charge in [0.25, 0.3) is 0 Å². The predicted octanol–water partition coefficient (Wildman–Crippen LogP) is 1.51. The third kappa shape index (κ3) is 3.94. The monoisotopic (exact) mass is 319 g/mol. The number of esters is 1. The number of guanidine groups is 1. The lowest BCUT2D eigenvalue weighted by molar-refractivity contribution is -0.145. The van der Waals surface area contributed by atoms with Crippen molar-refractivity contribution in [2.75, 3.05) is 34.4 Å². The Morgan fingerprint density at radius 1 is 1.35 bits per heavy atom. The van der Waals surface area contributed by atoms with Gasteiger partial charge in [-0.15, -0.1) is 0 Å². The van der Waals surface area contributed by atoms with Gasteiger partial charge in [-0.05, 0) is 12.0 Å². The number of carbonyl (C=O) groups is 1. The number of hydrogen-bond acceptors (Lipinski definition) is 4. The molecule has 1 N–H and O–H groups in total. The summed E-state index contributed by atoms with van der Waals surface area (Å²) in [5.41, 5.74) is 1.06. The molecule has 0 radical (unpaired) electrons. The molecule has 6 nitrogen and oxygen atoms in total. The Morgan fingerprint density at radius 3 is 2.74 bits per heavy atom. The molecule has 1 heterocycles. The number of aliphatic imine (C=N–C) groups is 1. The van der Waals surface area contributed by atoms with Gasteiger partial charge in [-0.2, -0.15) is 0 Å². The maximum absolute atomic E-state index is 11.8. The van der Waals surface area contributed by atoms with E-state index in [4.69, 9.17) is 9.47 Å². The number of benzene rings is 1. The van der Waals surface area contributed by atoms with Crippen LogP contribution in [0.15, 0.2) is 29.3 Å². The smallest absolute Gasteiger partial charge is 0.310 e. The van der Waals surface area contributed by atoms with Gasteiger partial charge in [0.2, 0.25) is 0 Å². The Hall–Kier alpha value is -2.24. The second-order valence-electron chi connectivity index (χ2n) is 5.72. The molecule has 2 atom stereocenters. The molecule has 1 saturated heterocycles. The molecular formula is C17H25N3O3. The van der Waals surface area contributed by atoms with Gasteiger partial charge in [0.15, 0.2) is 5.96 Å². The number of hydrogen-bond donors (Lipinski definition) is 1. The summed E-state index contributed by atoms with van der Waals surface area (Å²) in [5, 5.41) is 3.34. The second-order valence-corrected chi connectivity index (χ2v) is 5.72. The van der Waals surface area contributed by atoms with Crippen LogP contribution in [0.5, 0.6) is 5.75 Å². The van der Waals surface area contributed by atoms with Crippen molar-refractivity contribution >= 4 is 11.9 Å². The Labute approximate surface area is 137 Å². The zero-order chi connectivity index (χ0) is 16.8. The number of rotatable bonds is 4. The summed E-state index contributed by atoms with van der Waals surface area (Å²) < 4.78 is 10.2. The van der Waals surface area contributed by atoms with Gasteiger partial charge in [-0.3, -0.25) is 9.79 Å². The zero-order valence-corrected chi connectivity index (χ0v) is 14.2. The molecule has 2 unspecified atom stereocenters. The molecule has 1 aromatic rings. The Balaban J connectivity index is 2.00. The lowest BCUT2D eigenvalue weighted by Gasteiger charge is -2.22. The first-order valence-corrected chi connectivity index (χ1v) is 7.76. The fourth-order valence-corrected chi connectivity index (χ4v) is 2.95. The van der Waals surface area contributed by atoms with Gasteiger partial charge < -0.3 is 19.7 Å².